The summed E-state index contributed by atoms with van der Waals surface area (Å²) in [6, 6.07) is 0. The van der Waals surface area contributed by atoms with Gasteiger partial charge in [-0.05, 0) is 19.8 Å². The molecule has 1 rings (SSSR count). The second-order valence-corrected chi connectivity index (χ2v) is 6.45. The van der Waals surface area contributed by atoms with E-state index in [9.17, 15) is 4.57 Å². The van der Waals surface area contributed by atoms with Gasteiger partial charge in [-0.15, -0.1) is 6.42 Å². The largest absolute Gasteiger partial charge is 0.332 e. The molecule has 0 aromatic rings. The van der Waals surface area contributed by atoms with Crippen LogP contribution in [0.15, 0.2) is 0 Å². The summed E-state index contributed by atoms with van der Waals surface area (Å²) >= 11 is 0. The zero-order valence-corrected chi connectivity index (χ0v) is 8.56. The minimum Gasteiger partial charge on any atom is -0.332 e. The van der Waals surface area contributed by atoms with Crippen LogP contribution in [-0.4, -0.2) is 19.4 Å². The average molecular weight is 186 g/mol. The first-order valence-electron chi connectivity index (χ1n) is 4.15. The van der Waals surface area contributed by atoms with Crippen LogP contribution in [0, 0.1) is 17.8 Å². The van der Waals surface area contributed by atoms with Gasteiger partial charge < -0.3 is 4.52 Å². The van der Waals surface area contributed by atoms with Crippen molar-refractivity contribution in [2.24, 2.45) is 5.41 Å². The molecule has 1 aliphatic rings. The SMILES string of the molecule is C#CC1(C)CCCP(=O)(OC)C1. The third kappa shape index (κ3) is 1.91. The summed E-state index contributed by atoms with van der Waals surface area (Å²) in [7, 11) is -0.858. The molecule has 2 nitrogen and oxygen atoms in total. The summed E-state index contributed by atoms with van der Waals surface area (Å²) in [5, 5.41) is 0. The normalized spacial score (nSPS) is 42.1. The van der Waals surface area contributed by atoms with Gasteiger partial charge in [-0.25, -0.2) is 0 Å². The van der Waals surface area contributed by atoms with Crippen molar-refractivity contribution in [2.45, 2.75) is 19.8 Å². The molecule has 0 bridgehead atoms. The molecule has 0 aromatic heterocycles. The zero-order chi connectivity index (χ0) is 9.24. The van der Waals surface area contributed by atoms with Crippen LogP contribution in [0.4, 0.5) is 0 Å². The third-order valence-electron chi connectivity index (χ3n) is 2.50. The molecule has 1 fully saturated rings. The smallest absolute Gasteiger partial charge is 0.204 e. The molecule has 1 saturated heterocycles. The summed E-state index contributed by atoms with van der Waals surface area (Å²) in [6.07, 6.45) is 8.52. The highest BCUT2D eigenvalue weighted by atomic mass is 31.2. The Hall–Kier alpha value is -0.250. The van der Waals surface area contributed by atoms with Gasteiger partial charge in [-0.3, -0.25) is 4.57 Å². The van der Waals surface area contributed by atoms with Gasteiger partial charge in [0.25, 0.3) is 0 Å². The molecule has 1 heterocycles. The van der Waals surface area contributed by atoms with Crippen molar-refractivity contribution in [1.29, 1.82) is 0 Å². The molecule has 2 atom stereocenters. The summed E-state index contributed by atoms with van der Waals surface area (Å²) < 4.78 is 16.9. The molecule has 0 aliphatic carbocycles. The maximum absolute atomic E-state index is 11.9. The van der Waals surface area contributed by atoms with E-state index >= 15 is 0 Å². The first-order valence-corrected chi connectivity index (χ1v) is 6.15. The Labute approximate surface area is 74.1 Å². The Morgan fingerprint density at radius 1 is 1.67 bits per heavy atom. The predicted octanol–water partition coefficient (Wildman–Crippen LogP) is 2.34. The number of rotatable bonds is 1. The molecule has 0 spiro atoms. The van der Waals surface area contributed by atoms with Gasteiger partial charge in [0.1, 0.15) is 0 Å². The van der Waals surface area contributed by atoms with Crippen molar-refractivity contribution >= 4 is 7.37 Å². The van der Waals surface area contributed by atoms with Gasteiger partial charge >= 0.3 is 0 Å². The highest BCUT2D eigenvalue weighted by Crippen LogP contribution is 2.55. The Morgan fingerprint density at radius 2 is 2.33 bits per heavy atom. The molecule has 2 unspecified atom stereocenters. The summed E-state index contributed by atoms with van der Waals surface area (Å²) in [4.78, 5) is 0. The van der Waals surface area contributed by atoms with Gasteiger partial charge in [-0.1, -0.05) is 5.92 Å². The van der Waals surface area contributed by atoms with Crippen LogP contribution < -0.4 is 0 Å². The highest BCUT2D eigenvalue weighted by molar-refractivity contribution is 7.59. The van der Waals surface area contributed by atoms with Gasteiger partial charge in [0.2, 0.25) is 7.37 Å². The maximum Gasteiger partial charge on any atom is 0.204 e. The molecule has 0 N–H and O–H groups in total. The minimum absolute atomic E-state index is 0.205. The Morgan fingerprint density at radius 3 is 2.83 bits per heavy atom. The summed E-state index contributed by atoms with van der Waals surface area (Å²) in [6.45, 7) is 1.98. The standard InChI is InChI=1S/C9H15O2P/c1-4-9(2)6-5-7-12(10,8-9)11-3/h1H,5-8H2,2-3H3. The van der Waals surface area contributed by atoms with E-state index in [1.54, 1.807) is 0 Å². The summed E-state index contributed by atoms with van der Waals surface area (Å²) in [5.41, 5.74) is -0.205. The van der Waals surface area contributed by atoms with Crippen molar-refractivity contribution in [1.82, 2.24) is 0 Å². The van der Waals surface area contributed by atoms with Crippen LogP contribution in [-0.2, 0) is 9.09 Å². The topological polar surface area (TPSA) is 26.3 Å². The van der Waals surface area contributed by atoms with Crippen LogP contribution in [0.5, 0.6) is 0 Å². The summed E-state index contributed by atoms with van der Waals surface area (Å²) in [5.74, 6) is 2.72. The van der Waals surface area contributed by atoms with Gasteiger partial charge in [0, 0.05) is 24.8 Å². The predicted molar refractivity (Wildman–Crippen MR) is 50.5 cm³/mol. The van der Waals surface area contributed by atoms with Crippen molar-refractivity contribution in [3.8, 4) is 12.3 Å². The molecule has 12 heavy (non-hydrogen) atoms. The molecular formula is C9H15O2P. The first kappa shape index (κ1) is 9.84. The molecular weight excluding hydrogens is 171 g/mol. The number of hydrogen-bond donors (Lipinski definition) is 0. The van der Waals surface area contributed by atoms with E-state index in [1.807, 2.05) is 6.92 Å². The van der Waals surface area contributed by atoms with Gasteiger partial charge in [0.05, 0.1) is 0 Å². The van der Waals surface area contributed by atoms with Crippen LogP contribution in [0.1, 0.15) is 19.8 Å². The lowest BCUT2D eigenvalue weighted by atomic mass is 9.89. The van der Waals surface area contributed by atoms with Crippen molar-refractivity contribution in [3.63, 3.8) is 0 Å². The molecule has 0 aromatic carbocycles. The van der Waals surface area contributed by atoms with E-state index in [4.69, 9.17) is 10.9 Å². The third-order valence-corrected chi connectivity index (χ3v) is 5.34. The molecule has 0 amide bonds. The lowest BCUT2D eigenvalue weighted by Crippen LogP contribution is -2.25. The average Bonchev–Trinajstić information content (AvgIpc) is 2.05. The second-order valence-electron chi connectivity index (χ2n) is 3.69. The maximum atomic E-state index is 11.9. The van der Waals surface area contributed by atoms with Crippen molar-refractivity contribution < 1.29 is 9.09 Å². The van der Waals surface area contributed by atoms with E-state index in [-0.39, 0.29) is 5.41 Å². The van der Waals surface area contributed by atoms with Crippen LogP contribution in [0.25, 0.3) is 0 Å². The first-order chi connectivity index (χ1) is 5.54. The Balaban J connectivity index is 2.78. The molecule has 68 valence electrons. The second kappa shape index (κ2) is 3.24. The highest BCUT2D eigenvalue weighted by Gasteiger charge is 2.37. The lowest BCUT2D eigenvalue weighted by Gasteiger charge is -2.33. The van der Waals surface area contributed by atoms with Crippen LogP contribution >= 0.6 is 7.37 Å². The quantitative estimate of drug-likeness (QED) is 0.464. The van der Waals surface area contributed by atoms with E-state index in [0.29, 0.717) is 12.3 Å². The minimum atomic E-state index is -2.37. The fourth-order valence-corrected chi connectivity index (χ4v) is 4.10. The van der Waals surface area contributed by atoms with Gasteiger partial charge in [0.15, 0.2) is 0 Å². The molecule has 3 heteroatoms. The van der Waals surface area contributed by atoms with Crippen LogP contribution in [0.2, 0.25) is 0 Å². The number of hydrogen-bond acceptors (Lipinski definition) is 2. The van der Waals surface area contributed by atoms with E-state index in [0.717, 1.165) is 12.8 Å². The number of terminal acetylenes is 1. The molecule has 1 aliphatic heterocycles. The monoisotopic (exact) mass is 186 g/mol. The Bertz CT molecular complexity index is 254. The van der Waals surface area contributed by atoms with Crippen molar-refractivity contribution in [2.75, 3.05) is 19.4 Å². The fourth-order valence-electron chi connectivity index (χ4n) is 1.67. The van der Waals surface area contributed by atoms with Crippen LogP contribution in [0.3, 0.4) is 0 Å². The van der Waals surface area contributed by atoms with E-state index < -0.39 is 7.37 Å². The van der Waals surface area contributed by atoms with Crippen molar-refractivity contribution in [3.05, 3.63) is 0 Å². The van der Waals surface area contributed by atoms with Gasteiger partial charge in [-0.2, -0.15) is 0 Å². The van der Waals surface area contributed by atoms with E-state index in [1.165, 1.54) is 7.11 Å². The lowest BCUT2D eigenvalue weighted by molar-refractivity contribution is 0.345. The fraction of sp³-hybridized carbons (Fsp3) is 0.778. The zero-order valence-electron chi connectivity index (χ0n) is 7.67. The van der Waals surface area contributed by atoms with E-state index in [2.05, 4.69) is 5.92 Å². The Kier molecular flexibility index (Phi) is 2.66. The molecule has 0 saturated carbocycles. The molecule has 0 radical (unpaired) electrons.